The highest BCUT2D eigenvalue weighted by atomic mass is 16.6. The molecule has 0 unspecified atom stereocenters. The zero-order chi connectivity index (χ0) is 19.8. The summed E-state index contributed by atoms with van der Waals surface area (Å²) < 4.78 is 7.15. The fourth-order valence-corrected chi connectivity index (χ4v) is 2.26. The number of carbonyl (C=O) groups is 1. The Bertz CT molecular complexity index is 970. The number of aromatic nitrogens is 3. The minimum absolute atomic E-state index is 0.00955. The van der Waals surface area contributed by atoms with Gasteiger partial charge in [-0.2, -0.15) is 10.2 Å². The van der Waals surface area contributed by atoms with Crippen molar-refractivity contribution in [3.05, 3.63) is 82.4 Å². The van der Waals surface area contributed by atoms with Gasteiger partial charge in [0.2, 0.25) is 0 Å². The Balaban J connectivity index is 1.57. The lowest BCUT2D eigenvalue weighted by atomic mass is 10.2. The van der Waals surface area contributed by atoms with Gasteiger partial charge in [-0.1, -0.05) is 12.1 Å². The second kappa shape index (κ2) is 9.03. The molecule has 10 heteroatoms. The van der Waals surface area contributed by atoms with Crippen LogP contribution < -0.4 is 10.2 Å². The van der Waals surface area contributed by atoms with Crippen molar-refractivity contribution in [3.63, 3.8) is 0 Å². The molecule has 0 aliphatic heterocycles. The topological polar surface area (TPSA) is 125 Å². The molecule has 1 heterocycles. The predicted molar refractivity (Wildman–Crippen MR) is 99.6 cm³/mol. The molecule has 2 aromatic carbocycles. The van der Waals surface area contributed by atoms with Crippen LogP contribution in [0.5, 0.6) is 5.75 Å². The maximum absolute atomic E-state index is 11.8. The van der Waals surface area contributed by atoms with Gasteiger partial charge in [0.05, 0.1) is 11.1 Å². The number of carbonyl (C=O) groups excluding carboxylic acids is 1. The van der Waals surface area contributed by atoms with Gasteiger partial charge in [-0.05, 0) is 29.8 Å². The monoisotopic (exact) mass is 380 g/mol. The Kier molecular flexibility index (Phi) is 6.03. The van der Waals surface area contributed by atoms with Gasteiger partial charge in [0.1, 0.15) is 31.6 Å². The van der Waals surface area contributed by atoms with Crippen LogP contribution in [0.15, 0.2) is 66.3 Å². The lowest BCUT2D eigenvalue weighted by Gasteiger charge is -2.09. The number of non-ortho nitro benzene ring substituents is 1. The summed E-state index contributed by atoms with van der Waals surface area (Å²) in [6, 6.07) is 13.3. The molecule has 10 nitrogen and oxygen atoms in total. The summed E-state index contributed by atoms with van der Waals surface area (Å²) in [6.07, 6.45) is 4.25. The van der Waals surface area contributed by atoms with Crippen molar-refractivity contribution in [1.29, 1.82) is 0 Å². The Morgan fingerprint density at radius 3 is 2.75 bits per heavy atom. The van der Waals surface area contributed by atoms with Gasteiger partial charge >= 0.3 is 0 Å². The summed E-state index contributed by atoms with van der Waals surface area (Å²) in [6.45, 7) is 0.247. The van der Waals surface area contributed by atoms with Gasteiger partial charge in [-0.3, -0.25) is 14.9 Å². The van der Waals surface area contributed by atoms with Crippen LogP contribution in [0.4, 0.5) is 5.69 Å². The van der Waals surface area contributed by atoms with E-state index in [1.54, 1.807) is 24.3 Å². The van der Waals surface area contributed by atoms with E-state index in [2.05, 4.69) is 20.6 Å². The molecule has 142 valence electrons. The number of nitrogens with zero attached hydrogens (tertiary/aromatic N) is 5. The van der Waals surface area contributed by atoms with Crippen molar-refractivity contribution in [3.8, 4) is 5.75 Å². The number of ether oxygens (including phenoxy) is 1. The van der Waals surface area contributed by atoms with Crippen LogP contribution in [-0.4, -0.2) is 31.8 Å². The van der Waals surface area contributed by atoms with Crippen LogP contribution in [0.2, 0.25) is 0 Å². The molecule has 0 bridgehead atoms. The van der Waals surface area contributed by atoms with Crippen LogP contribution in [-0.2, 0) is 17.9 Å². The van der Waals surface area contributed by atoms with E-state index in [0.29, 0.717) is 11.3 Å². The third-order valence-corrected chi connectivity index (χ3v) is 3.63. The molecule has 3 aromatic rings. The summed E-state index contributed by atoms with van der Waals surface area (Å²) in [4.78, 5) is 25.8. The number of rotatable bonds is 8. The maximum atomic E-state index is 11.8. The maximum Gasteiger partial charge on any atom is 0.269 e. The van der Waals surface area contributed by atoms with E-state index in [1.807, 2.05) is 12.1 Å². The minimum Gasteiger partial charge on any atom is -0.488 e. The smallest absolute Gasteiger partial charge is 0.269 e. The van der Waals surface area contributed by atoms with Gasteiger partial charge in [-0.25, -0.2) is 15.1 Å². The number of hydrogen-bond donors (Lipinski definition) is 1. The number of amides is 1. The van der Waals surface area contributed by atoms with Crippen molar-refractivity contribution in [1.82, 2.24) is 20.2 Å². The standard InChI is InChI=1S/C18H16N6O4/c25-18(10-23-13-19-12-21-23)22-20-9-15-3-1-2-4-17(15)28-11-14-5-7-16(8-6-14)24(26)27/h1-9,12-13H,10-11H2,(H,22,25)/b20-9+. The summed E-state index contributed by atoms with van der Waals surface area (Å²) in [5.41, 5.74) is 3.90. The number of nitro benzene ring substituents is 1. The largest absolute Gasteiger partial charge is 0.488 e. The lowest BCUT2D eigenvalue weighted by Crippen LogP contribution is -2.23. The van der Waals surface area contributed by atoms with Crippen molar-refractivity contribution in [2.75, 3.05) is 0 Å². The molecular formula is C18H16N6O4. The van der Waals surface area contributed by atoms with E-state index in [0.717, 1.165) is 5.56 Å². The number of hydrazone groups is 1. The number of benzene rings is 2. The van der Waals surface area contributed by atoms with Crippen molar-refractivity contribution in [2.45, 2.75) is 13.2 Å². The van der Waals surface area contributed by atoms with E-state index in [9.17, 15) is 14.9 Å². The first-order valence-corrected chi connectivity index (χ1v) is 8.21. The zero-order valence-electron chi connectivity index (χ0n) is 14.6. The fraction of sp³-hybridized carbons (Fsp3) is 0.111. The molecule has 0 aliphatic rings. The van der Waals surface area contributed by atoms with Gasteiger partial charge in [0.25, 0.3) is 11.6 Å². The summed E-state index contributed by atoms with van der Waals surface area (Å²) in [5.74, 6) is 0.223. The summed E-state index contributed by atoms with van der Waals surface area (Å²) in [7, 11) is 0. The number of para-hydroxylation sites is 1. The summed E-state index contributed by atoms with van der Waals surface area (Å²) >= 11 is 0. The van der Waals surface area contributed by atoms with Gasteiger partial charge in [0, 0.05) is 17.7 Å². The van der Waals surface area contributed by atoms with E-state index in [1.165, 1.54) is 35.7 Å². The first kappa shape index (κ1) is 18.7. The van der Waals surface area contributed by atoms with Crippen molar-refractivity contribution < 1.29 is 14.5 Å². The zero-order valence-corrected chi connectivity index (χ0v) is 14.6. The molecule has 0 saturated heterocycles. The molecule has 0 saturated carbocycles. The molecule has 0 spiro atoms. The Morgan fingerprint density at radius 1 is 1.25 bits per heavy atom. The van der Waals surface area contributed by atoms with E-state index in [-0.39, 0.29) is 24.7 Å². The Morgan fingerprint density at radius 2 is 2.04 bits per heavy atom. The third kappa shape index (κ3) is 5.21. The molecular weight excluding hydrogens is 364 g/mol. The van der Waals surface area contributed by atoms with Crippen LogP contribution in [0.25, 0.3) is 0 Å². The molecule has 1 N–H and O–H groups in total. The first-order valence-electron chi connectivity index (χ1n) is 8.21. The highest BCUT2D eigenvalue weighted by Crippen LogP contribution is 2.18. The molecule has 1 amide bonds. The Labute approximate surface area is 159 Å². The summed E-state index contributed by atoms with van der Waals surface area (Å²) in [5, 5.41) is 18.5. The molecule has 1 aromatic heterocycles. The molecule has 0 fully saturated rings. The van der Waals surface area contributed by atoms with E-state index >= 15 is 0 Å². The second-order valence-electron chi connectivity index (χ2n) is 5.64. The van der Waals surface area contributed by atoms with Gasteiger partial charge in [0.15, 0.2) is 0 Å². The van der Waals surface area contributed by atoms with Crippen LogP contribution in [0.1, 0.15) is 11.1 Å². The van der Waals surface area contributed by atoms with Crippen LogP contribution in [0.3, 0.4) is 0 Å². The first-order chi connectivity index (χ1) is 13.6. The highest BCUT2D eigenvalue weighted by Gasteiger charge is 2.06. The molecule has 0 atom stereocenters. The van der Waals surface area contributed by atoms with E-state index < -0.39 is 4.92 Å². The average Bonchev–Trinajstić information content (AvgIpc) is 3.20. The normalized spacial score (nSPS) is 10.7. The Hall–Kier alpha value is -4.08. The molecule has 28 heavy (non-hydrogen) atoms. The minimum atomic E-state index is -0.451. The fourth-order valence-electron chi connectivity index (χ4n) is 2.26. The molecule has 0 aliphatic carbocycles. The number of nitrogens with one attached hydrogen (secondary N) is 1. The third-order valence-electron chi connectivity index (χ3n) is 3.63. The van der Waals surface area contributed by atoms with Crippen LogP contribution in [0, 0.1) is 10.1 Å². The second-order valence-corrected chi connectivity index (χ2v) is 5.64. The van der Waals surface area contributed by atoms with Crippen LogP contribution >= 0.6 is 0 Å². The van der Waals surface area contributed by atoms with Crippen molar-refractivity contribution in [2.24, 2.45) is 5.10 Å². The van der Waals surface area contributed by atoms with Crippen molar-refractivity contribution >= 4 is 17.8 Å². The quantitative estimate of drug-likeness (QED) is 0.362. The highest BCUT2D eigenvalue weighted by molar-refractivity contribution is 5.85. The molecule has 3 rings (SSSR count). The lowest BCUT2D eigenvalue weighted by molar-refractivity contribution is -0.384. The number of nitro groups is 1. The van der Waals surface area contributed by atoms with Gasteiger partial charge in [-0.15, -0.1) is 0 Å². The SMILES string of the molecule is O=C(Cn1cncn1)N/N=C/c1ccccc1OCc1ccc([N+](=O)[O-])cc1. The number of hydrogen-bond acceptors (Lipinski definition) is 7. The predicted octanol–water partition coefficient (Wildman–Crippen LogP) is 1.92. The van der Waals surface area contributed by atoms with Gasteiger partial charge < -0.3 is 4.74 Å². The van der Waals surface area contributed by atoms with E-state index in [4.69, 9.17) is 4.74 Å². The molecule has 0 radical (unpaired) electrons. The average molecular weight is 380 g/mol.